The van der Waals surface area contributed by atoms with E-state index < -0.39 is 0 Å². The van der Waals surface area contributed by atoms with E-state index in [0.717, 1.165) is 24.8 Å². The summed E-state index contributed by atoms with van der Waals surface area (Å²) in [6.45, 7) is 3.69. The van der Waals surface area contributed by atoms with Crippen LogP contribution in [0.5, 0.6) is 11.5 Å². The number of hydrogen-bond donors (Lipinski definition) is 1. The summed E-state index contributed by atoms with van der Waals surface area (Å²) >= 11 is 6.35. The zero-order valence-electron chi connectivity index (χ0n) is 13.2. The molecule has 0 spiro atoms. The molecule has 1 aliphatic carbocycles. The van der Waals surface area contributed by atoms with E-state index in [1.54, 1.807) is 7.11 Å². The van der Waals surface area contributed by atoms with Crippen molar-refractivity contribution >= 4 is 11.6 Å². The van der Waals surface area contributed by atoms with E-state index in [9.17, 15) is 0 Å². The van der Waals surface area contributed by atoms with E-state index in [1.807, 2.05) is 6.07 Å². The SMILES string of the molecule is CCCOc1c(Cl)cc(C[NH2+]C2CCCCC2)cc1OC. The van der Waals surface area contributed by atoms with Crippen molar-refractivity contribution in [2.24, 2.45) is 0 Å². The zero-order valence-corrected chi connectivity index (χ0v) is 13.9. The number of benzene rings is 1. The fourth-order valence-electron chi connectivity index (χ4n) is 2.91. The molecule has 1 aromatic carbocycles. The minimum atomic E-state index is 0.648. The average molecular weight is 313 g/mol. The Kier molecular flexibility index (Phi) is 6.65. The lowest BCUT2D eigenvalue weighted by Gasteiger charge is -2.20. The highest BCUT2D eigenvalue weighted by Gasteiger charge is 2.17. The Morgan fingerprint density at radius 3 is 2.67 bits per heavy atom. The van der Waals surface area contributed by atoms with Gasteiger partial charge in [0.05, 0.1) is 24.8 Å². The number of halogens is 1. The van der Waals surface area contributed by atoms with Crippen LogP contribution < -0.4 is 14.8 Å². The fourth-order valence-corrected chi connectivity index (χ4v) is 3.20. The van der Waals surface area contributed by atoms with Crippen molar-refractivity contribution in [2.75, 3.05) is 13.7 Å². The van der Waals surface area contributed by atoms with Gasteiger partial charge in [-0.3, -0.25) is 0 Å². The maximum absolute atomic E-state index is 6.35. The van der Waals surface area contributed by atoms with Crippen LogP contribution in [-0.2, 0) is 6.54 Å². The summed E-state index contributed by atoms with van der Waals surface area (Å²) in [5.41, 5.74) is 1.20. The normalized spacial score (nSPS) is 16.0. The van der Waals surface area contributed by atoms with Gasteiger partial charge in [-0.1, -0.05) is 24.9 Å². The third-order valence-corrected chi connectivity index (χ3v) is 4.36. The van der Waals surface area contributed by atoms with Crippen molar-refractivity contribution in [3.8, 4) is 11.5 Å². The quantitative estimate of drug-likeness (QED) is 0.836. The Morgan fingerprint density at radius 1 is 1.24 bits per heavy atom. The molecule has 0 radical (unpaired) electrons. The van der Waals surface area contributed by atoms with Gasteiger partial charge in [0.2, 0.25) is 0 Å². The molecule has 1 saturated carbocycles. The molecule has 0 bridgehead atoms. The average Bonchev–Trinajstić information content (AvgIpc) is 2.52. The second-order valence-corrected chi connectivity index (χ2v) is 6.20. The van der Waals surface area contributed by atoms with E-state index in [2.05, 4.69) is 18.3 Å². The minimum absolute atomic E-state index is 0.648. The number of ether oxygens (including phenoxy) is 2. The molecule has 0 amide bonds. The first-order chi connectivity index (χ1) is 10.2. The highest BCUT2D eigenvalue weighted by atomic mass is 35.5. The zero-order chi connectivity index (χ0) is 15.1. The predicted octanol–water partition coefficient (Wildman–Crippen LogP) is 3.53. The highest BCUT2D eigenvalue weighted by molar-refractivity contribution is 6.32. The van der Waals surface area contributed by atoms with Gasteiger partial charge < -0.3 is 14.8 Å². The van der Waals surface area contributed by atoms with Crippen molar-refractivity contribution in [1.29, 1.82) is 0 Å². The highest BCUT2D eigenvalue weighted by Crippen LogP contribution is 2.36. The minimum Gasteiger partial charge on any atom is -0.493 e. The van der Waals surface area contributed by atoms with Gasteiger partial charge in [-0.05, 0) is 44.2 Å². The summed E-state index contributed by atoms with van der Waals surface area (Å²) in [7, 11) is 1.67. The van der Waals surface area contributed by atoms with Gasteiger partial charge in [-0.2, -0.15) is 0 Å². The van der Waals surface area contributed by atoms with Gasteiger partial charge in [-0.25, -0.2) is 0 Å². The summed E-state index contributed by atoms with van der Waals surface area (Å²) in [4.78, 5) is 0. The molecule has 0 saturated heterocycles. The van der Waals surface area contributed by atoms with E-state index in [0.29, 0.717) is 17.4 Å². The summed E-state index contributed by atoms with van der Waals surface area (Å²) in [6, 6.07) is 4.82. The molecule has 21 heavy (non-hydrogen) atoms. The summed E-state index contributed by atoms with van der Waals surface area (Å²) in [6.07, 6.45) is 7.76. The fraction of sp³-hybridized carbons (Fsp3) is 0.647. The summed E-state index contributed by atoms with van der Waals surface area (Å²) in [5, 5.41) is 3.09. The monoisotopic (exact) mass is 312 g/mol. The number of quaternary nitrogens is 1. The molecule has 0 unspecified atom stereocenters. The third kappa shape index (κ3) is 4.79. The number of nitrogens with two attached hydrogens (primary N) is 1. The molecular formula is C17H27ClNO2+. The molecule has 1 aromatic rings. The molecule has 118 valence electrons. The lowest BCUT2D eigenvalue weighted by molar-refractivity contribution is -0.706. The summed E-state index contributed by atoms with van der Waals surface area (Å²) < 4.78 is 11.1. The van der Waals surface area contributed by atoms with Gasteiger partial charge in [0.25, 0.3) is 0 Å². The molecule has 1 fully saturated rings. The van der Waals surface area contributed by atoms with Crippen LogP contribution in [0, 0.1) is 0 Å². The molecule has 2 rings (SSSR count). The van der Waals surface area contributed by atoms with E-state index >= 15 is 0 Å². The Balaban J connectivity index is 2.00. The number of methoxy groups -OCH3 is 1. The number of hydrogen-bond acceptors (Lipinski definition) is 2. The van der Waals surface area contributed by atoms with Gasteiger partial charge in [-0.15, -0.1) is 0 Å². The topological polar surface area (TPSA) is 35.1 Å². The Morgan fingerprint density at radius 2 is 2.00 bits per heavy atom. The smallest absolute Gasteiger partial charge is 0.179 e. The van der Waals surface area contributed by atoms with Crippen LogP contribution >= 0.6 is 11.6 Å². The number of rotatable bonds is 7. The van der Waals surface area contributed by atoms with E-state index in [4.69, 9.17) is 21.1 Å². The largest absolute Gasteiger partial charge is 0.493 e. The second kappa shape index (κ2) is 8.50. The van der Waals surface area contributed by atoms with Crippen LogP contribution in [0.25, 0.3) is 0 Å². The van der Waals surface area contributed by atoms with Gasteiger partial charge >= 0.3 is 0 Å². The standard InChI is InChI=1S/C17H26ClNO2/c1-3-9-21-17-15(18)10-13(11-16(17)20-2)12-19-14-7-5-4-6-8-14/h10-11,14,19H,3-9,12H2,1-2H3/p+1. The van der Waals surface area contributed by atoms with Crippen LogP contribution in [0.3, 0.4) is 0 Å². The van der Waals surface area contributed by atoms with Crippen molar-refractivity contribution in [3.05, 3.63) is 22.7 Å². The van der Waals surface area contributed by atoms with Crippen molar-refractivity contribution in [2.45, 2.75) is 58.0 Å². The van der Waals surface area contributed by atoms with E-state index in [1.165, 1.54) is 37.7 Å². The summed E-state index contributed by atoms with van der Waals surface area (Å²) in [5.74, 6) is 1.41. The van der Waals surface area contributed by atoms with Gasteiger partial charge in [0, 0.05) is 5.56 Å². The molecule has 3 nitrogen and oxygen atoms in total. The molecule has 0 aliphatic heterocycles. The van der Waals surface area contributed by atoms with E-state index in [-0.39, 0.29) is 0 Å². The first kappa shape index (κ1) is 16.4. The van der Waals surface area contributed by atoms with Crippen LogP contribution in [-0.4, -0.2) is 19.8 Å². The van der Waals surface area contributed by atoms with Gasteiger partial charge in [0.15, 0.2) is 11.5 Å². The van der Waals surface area contributed by atoms with Crippen molar-refractivity contribution in [1.82, 2.24) is 0 Å². The molecule has 0 atom stereocenters. The molecule has 2 N–H and O–H groups in total. The molecule has 4 heteroatoms. The second-order valence-electron chi connectivity index (χ2n) is 5.80. The Bertz CT molecular complexity index is 445. The predicted molar refractivity (Wildman–Crippen MR) is 86.3 cm³/mol. The van der Waals surface area contributed by atoms with Crippen LogP contribution in [0.15, 0.2) is 12.1 Å². The first-order valence-corrected chi connectivity index (χ1v) is 8.45. The van der Waals surface area contributed by atoms with Gasteiger partial charge in [0.1, 0.15) is 6.54 Å². The maximum Gasteiger partial charge on any atom is 0.179 e. The molecule has 0 heterocycles. The van der Waals surface area contributed by atoms with Crippen LogP contribution in [0.2, 0.25) is 5.02 Å². The Labute approximate surface area is 133 Å². The van der Waals surface area contributed by atoms with Crippen LogP contribution in [0.4, 0.5) is 0 Å². The van der Waals surface area contributed by atoms with Crippen molar-refractivity contribution in [3.63, 3.8) is 0 Å². The molecule has 0 aromatic heterocycles. The third-order valence-electron chi connectivity index (χ3n) is 4.08. The Hall–Kier alpha value is -0.930. The lowest BCUT2D eigenvalue weighted by atomic mass is 9.95. The lowest BCUT2D eigenvalue weighted by Crippen LogP contribution is -2.88. The maximum atomic E-state index is 6.35. The molecular weight excluding hydrogens is 286 g/mol. The first-order valence-electron chi connectivity index (χ1n) is 8.07. The molecule has 1 aliphatic rings. The van der Waals surface area contributed by atoms with Crippen molar-refractivity contribution < 1.29 is 14.8 Å². The van der Waals surface area contributed by atoms with Crippen LogP contribution in [0.1, 0.15) is 51.0 Å².